The topological polar surface area (TPSA) is 122 Å². The minimum atomic E-state index is -0.536. The van der Waals surface area contributed by atoms with Crippen molar-refractivity contribution in [2.45, 2.75) is 39.4 Å². The average molecular weight is 422 g/mol. The van der Waals surface area contributed by atoms with Gasteiger partial charge in [-0.2, -0.15) is 4.98 Å². The highest BCUT2D eigenvalue weighted by Crippen LogP contribution is 2.19. The maximum absolute atomic E-state index is 11.8. The van der Waals surface area contributed by atoms with Crippen LogP contribution in [0.2, 0.25) is 0 Å². The lowest BCUT2D eigenvalue weighted by atomic mass is 10.2. The molecule has 1 amide bonds. The van der Waals surface area contributed by atoms with Crippen molar-refractivity contribution in [2.24, 2.45) is 0 Å². The normalized spacial score (nSPS) is 11.1. The fourth-order valence-electron chi connectivity index (χ4n) is 2.73. The zero-order valence-electron chi connectivity index (χ0n) is 17.8. The van der Waals surface area contributed by atoms with Gasteiger partial charge >= 0.3 is 6.09 Å². The Morgan fingerprint density at radius 1 is 1.13 bits per heavy atom. The molecule has 0 radical (unpaired) electrons. The van der Waals surface area contributed by atoms with Gasteiger partial charge in [-0.1, -0.05) is 12.1 Å². The van der Waals surface area contributed by atoms with Crippen LogP contribution in [-0.4, -0.2) is 43.3 Å². The fourth-order valence-corrected chi connectivity index (χ4v) is 2.73. The SMILES string of the molecule is CC(C)(C)OC(=O)NCCc1cc(-c2ncnc(Nc3cccc(CO)c3)n2)ccn1. The van der Waals surface area contributed by atoms with Gasteiger partial charge in [-0.3, -0.25) is 4.98 Å². The summed E-state index contributed by atoms with van der Waals surface area (Å²) in [7, 11) is 0. The number of amides is 1. The Kier molecular flexibility index (Phi) is 7.09. The van der Waals surface area contributed by atoms with Crippen molar-refractivity contribution in [3.8, 4) is 11.4 Å². The number of carbonyl (C=O) groups excluding carboxylic acids is 1. The van der Waals surface area contributed by atoms with E-state index >= 15 is 0 Å². The number of aliphatic hydroxyl groups is 1. The molecule has 162 valence electrons. The molecule has 3 aromatic rings. The first kappa shape index (κ1) is 22.1. The summed E-state index contributed by atoms with van der Waals surface area (Å²) in [6.45, 7) is 5.81. The van der Waals surface area contributed by atoms with E-state index in [4.69, 9.17) is 4.74 Å². The molecule has 0 saturated heterocycles. The third kappa shape index (κ3) is 7.00. The molecule has 0 saturated carbocycles. The van der Waals surface area contributed by atoms with Crippen LogP contribution in [0.25, 0.3) is 11.4 Å². The lowest BCUT2D eigenvalue weighted by molar-refractivity contribution is 0.0528. The minimum absolute atomic E-state index is 0.0411. The minimum Gasteiger partial charge on any atom is -0.444 e. The summed E-state index contributed by atoms with van der Waals surface area (Å²) >= 11 is 0. The van der Waals surface area contributed by atoms with E-state index in [1.165, 1.54) is 6.33 Å². The van der Waals surface area contributed by atoms with Crippen LogP contribution in [0.1, 0.15) is 32.0 Å². The number of hydrogen-bond donors (Lipinski definition) is 3. The highest BCUT2D eigenvalue weighted by Gasteiger charge is 2.15. The number of nitrogens with zero attached hydrogens (tertiary/aromatic N) is 4. The number of carbonyl (C=O) groups is 1. The van der Waals surface area contributed by atoms with Crippen molar-refractivity contribution >= 4 is 17.7 Å². The smallest absolute Gasteiger partial charge is 0.407 e. The first-order chi connectivity index (χ1) is 14.8. The number of ether oxygens (including phenoxy) is 1. The molecule has 0 aliphatic carbocycles. The summed E-state index contributed by atoms with van der Waals surface area (Å²) in [6.07, 6.45) is 3.20. The van der Waals surface area contributed by atoms with E-state index in [1.54, 1.807) is 6.20 Å². The van der Waals surface area contributed by atoms with Gasteiger partial charge < -0.3 is 20.5 Å². The van der Waals surface area contributed by atoms with Gasteiger partial charge in [0.05, 0.1) is 6.61 Å². The van der Waals surface area contributed by atoms with E-state index in [1.807, 2.05) is 57.2 Å². The molecule has 3 rings (SSSR count). The molecule has 3 N–H and O–H groups in total. The van der Waals surface area contributed by atoms with Crippen LogP contribution in [0.4, 0.5) is 16.4 Å². The number of aliphatic hydroxyl groups excluding tert-OH is 1. The molecule has 0 aliphatic rings. The predicted octanol–water partition coefficient (Wildman–Crippen LogP) is 3.24. The Bertz CT molecular complexity index is 1040. The second-order valence-corrected chi connectivity index (χ2v) is 7.83. The zero-order chi connectivity index (χ0) is 22.3. The first-order valence-corrected chi connectivity index (χ1v) is 9.90. The molecule has 0 unspecified atom stereocenters. The lowest BCUT2D eigenvalue weighted by Crippen LogP contribution is -2.33. The summed E-state index contributed by atoms with van der Waals surface area (Å²) in [5.74, 6) is 0.893. The summed E-state index contributed by atoms with van der Waals surface area (Å²) in [5.41, 5.74) is 2.60. The monoisotopic (exact) mass is 422 g/mol. The molecule has 9 nitrogen and oxygen atoms in total. The molecule has 0 fully saturated rings. The standard InChI is InChI=1S/C22H26N6O3/c1-22(2,3)31-21(30)24-10-8-17-12-16(7-9-23-17)19-25-14-26-20(28-19)27-18-6-4-5-15(11-18)13-29/h4-7,9,11-12,14,29H,8,10,13H2,1-3H3,(H,24,30)(H,25,26,27,28). The van der Waals surface area contributed by atoms with Gasteiger partial charge in [0.1, 0.15) is 11.9 Å². The Labute approximate surface area is 181 Å². The van der Waals surface area contributed by atoms with Crippen molar-refractivity contribution in [3.63, 3.8) is 0 Å². The van der Waals surface area contributed by atoms with Crippen LogP contribution in [0.5, 0.6) is 0 Å². The lowest BCUT2D eigenvalue weighted by Gasteiger charge is -2.19. The molecular formula is C22H26N6O3. The highest BCUT2D eigenvalue weighted by atomic mass is 16.6. The van der Waals surface area contributed by atoms with Crippen molar-refractivity contribution in [2.75, 3.05) is 11.9 Å². The van der Waals surface area contributed by atoms with Gasteiger partial charge in [0.2, 0.25) is 5.95 Å². The van der Waals surface area contributed by atoms with Crippen molar-refractivity contribution in [3.05, 3.63) is 60.2 Å². The van der Waals surface area contributed by atoms with Gasteiger partial charge in [0, 0.05) is 36.1 Å². The molecule has 2 heterocycles. The largest absolute Gasteiger partial charge is 0.444 e. The number of pyridine rings is 1. The quantitative estimate of drug-likeness (QED) is 0.530. The van der Waals surface area contributed by atoms with Crippen LogP contribution in [-0.2, 0) is 17.8 Å². The van der Waals surface area contributed by atoms with Crippen LogP contribution < -0.4 is 10.6 Å². The molecule has 2 aromatic heterocycles. The highest BCUT2D eigenvalue weighted by molar-refractivity contribution is 5.67. The van der Waals surface area contributed by atoms with E-state index < -0.39 is 11.7 Å². The van der Waals surface area contributed by atoms with Crippen LogP contribution >= 0.6 is 0 Å². The van der Waals surface area contributed by atoms with Crippen LogP contribution in [0.3, 0.4) is 0 Å². The van der Waals surface area contributed by atoms with E-state index in [0.717, 1.165) is 22.5 Å². The molecule has 0 bridgehead atoms. The Balaban J connectivity index is 1.65. The Morgan fingerprint density at radius 2 is 1.97 bits per heavy atom. The molecule has 9 heteroatoms. The summed E-state index contributed by atoms with van der Waals surface area (Å²) in [6, 6.07) is 11.1. The number of benzene rings is 1. The van der Waals surface area contributed by atoms with Crippen molar-refractivity contribution < 1.29 is 14.6 Å². The zero-order valence-corrected chi connectivity index (χ0v) is 17.8. The third-order valence-electron chi connectivity index (χ3n) is 4.06. The summed E-state index contributed by atoms with van der Waals surface area (Å²) in [5, 5.41) is 15.1. The predicted molar refractivity (Wildman–Crippen MR) is 117 cm³/mol. The van der Waals surface area contributed by atoms with E-state index in [0.29, 0.717) is 24.7 Å². The molecule has 0 spiro atoms. The van der Waals surface area contributed by atoms with E-state index in [2.05, 4.69) is 30.6 Å². The molecule has 31 heavy (non-hydrogen) atoms. The molecule has 0 aliphatic heterocycles. The number of alkyl carbamates (subject to hydrolysis) is 1. The van der Waals surface area contributed by atoms with Gasteiger partial charge in [0.15, 0.2) is 5.82 Å². The fraction of sp³-hybridized carbons (Fsp3) is 0.318. The summed E-state index contributed by atoms with van der Waals surface area (Å²) < 4.78 is 5.23. The van der Waals surface area contributed by atoms with E-state index in [-0.39, 0.29) is 6.61 Å². The first-order valence-electron chi connectivity index (χ1n) is 9.90. The van der Waals surface area contributed by atoms with Gasteiger partial charge in [-0.15, -0.1) is 0 Å². The molecule has 0 atom stereocenters. The maximum Gasteiger partial charge on any atom is 0.407 e. The Hall–Kier alpha value is -3.59. The summed E-state index contributed by atoms with van der Waals surface area (Å²) in [4.78, 5) is 29.0. The van der Waals surface area contributed by atoms with Gasteiger partial charge in [-0.25, -0.2) is 14.8 Å². The van der Waals surface area contributed by atoms with Gasteiger partial charge in [-0.05, 0) is 50.6 Å². The van der Waals surface area contributed by atoms with Crippen molar-refractivity contribution in [1.29, 1.82) is 0 Å². The van der Waals surface area contributed by atoms with Crippen LogP contribution in [0.15, 0.2) is 48.9 Å². The molecular weight excluding hydrogens is 396 g/mol. The average Bonchev–Trinajstić information content (AvgIpc) is 2.73. The van der Waals surface area contributed by atoms with E-state index in [9.17, 15) is 9.90 Å². The number of aromatic nitrogens is 4. The third-order valence-corrected chi connectivity index (χ3v) is 4.06. The maximum atomic E-state index is 11.8. The number of nitrogens with one attached hydrogen (secondary N) is 2. The number of hydrogen-bond acceptors (Lipinski definition) is 8. The van der Waals surface area contributed by atoms with Crippen molar-refractivity contribution in [1.82, 2.24) is 25.3 Å². The molecule has 1 aromatic carbocycles. The Morgan fingerprint density at radius 3 is 2.74 bits per heavy atom. The second kappa shape index (κ2) is 9.94. The van der Waals surface area contributed by atoms with Crippen LogP contribution in [0, 0.1) is 0 Å². The number of rotatable bonds is 7. The number of anilines is 2. The second-order valence-electron chi connectivity index (χ2n) is 7.83. The van der Waals surface area contributed by atoms with Gasteiger partial charge in [0.25, 0.3) is 0 Å².